The molecule has 0 aromatic heterocycles. The van der Waals surface area contributed by atoms with Gasteiger partial charge in [-0.2, -0.15) is 0 Å². The minimum atomic E-state index is -0.957. The van der Waals surface area contributed by atoms with Gasteiger partial charge in [0.05, 0.1) is 5.56 Å². The fourth-order valence-corrected chi connectivity index (χ4v) is 2.43. The summed E-state index contributed by atoms with van der Waals surface area (Å²) >= 11 is 0. The average molecular weight is 248 g/mol. The Morgan fingerprint density at radius 3 is 2.33 bits per heavy atom. The number of anilines is 2. The normalized spacial score (nSPS) is 17.0. The lowest BCUT2D eigenvalue weighted by atomic mass is 10.1. The van der Waals surface area contributed by atoms with Crippen molar-refractivity contribution in [2.75, 3.05) is 23.7 Å². The Labute approximate surface area is 107 Å². The summed E-state index contributed by atoms with van der Waals surface area (Å²) in [5, 5.41) is 9.09. The molecule has 4 nitrogen and oxygen atoms in total. The van der Waals surface area contributed by atoms with Crippen molar-refractivity contribution in [3.8, 4) is 0 Å². The lowest BCUT2D eigenvalue weighted by molar-refractivity contribution is 0.0698. The number of hydrogen-bond acceptors (Lipinski definition) is 3. The van der Waals surface area contributed by atoms with E-state index in [1.807, 2.05) is 6.07 Å². The highest BCUT2D eigenvalue weighted by Gasteiger charge is 2.13. The summed E-state index contributed by atoms with van der Waals surface area (Å²) < 4.78 is 0. The molecule has 1 saturated heterocycles. The Kier molecular flexibility index (Phi) is 4.07. The quantitative estimate of drug-likeness (QED) is 0.790. The van der Waals surface area contributed by atoms with Crippen LogP contribution in [0.4, 0.5) is 11.4 Å². The van der Waals surface area contributed by atoms with E-state index in [9.17, 15) is 4.79 Å². The maximum absolute atomic E-state index is 11.1. The first-order valence-corrected chi connectivity index (χ1v) is 6.56. The smallest absolute Gasteiger partial charge is 0.337 e. The van der Waals surface area contributed by atoms with Crippen molar-refractivity contribution in [3.05, 3.63) is 23.8 Å². The molecule has 1 heterocycles. The Hall–Kier alpha value is -1.71. The molecule has 1 aliphatic heterocycles. The molecule has 18 heavy (non-hydrogen) atoms. The van der Waals surface area contributed by atoms with Crippen molar-refractivity contribution in [2.24, 2.45) is 0 Å². The summed E-state index contributed by atoms with van der Waals surface area (Å²) in [5.74, 6) is -0.957. The second-order valence-corrected chi connectivity index (χ2v) is 4.83. The number of nitrogen functional groups attached to an aromatic ring is 1. The van der Waals surface area contributed by atoms with Crippen molar-refractivity contribution in [3.63, 3.8) is 0 Å². The molecule has 0 saturated carbocycles. The summed E-state index contributed by atoms with van der Waals surface area (Å²) in [6, 6.07) is 5.31. The third-order valence-corrected chi connectivity index (χ3v) is 3.49. The number of rotatable bonds is 2. The van der Waals surface area contributed by atoms with E-state index in [1.54, 1.807) is 12.1 Å². The van der Waals surface area contributed by atoms with Crippen molar-refractivity contribution >= 4 is 17.3 Å². The average Bonchev–Trinajstić information content (AvgIpc) is 2.29. The molecular weight excluding hydrogens is 228 g/mol. The fraction of sp³-hybridized carbons (Fsp3) is 0.500. The van der Waals surface area contributed by atoms with Crippen molar-refractivity contribution in [1.29, 1.82) is 0 Å². The predicted octanol–water partition coefficient (Wildman–Crippen LogP) is 2.74. The fourth-order valence-electron chi connectivity index (χ4n) is 2.43. The molecule has 0 bridgehead atoms. The van der Waals surface area contributed by atoms with Crippen LogP contribution in [0.15, 0.2) is 18.2 Å². The van der Waals surface area contributed by atoms with Gasteiger partial charge in [-0.3, -0.25) is 0 Å². The summed E-state index contributed by atoms with van der Waals surface area (Å²) in [6.45, 7) is 2.01. The Morgan fingerprint density at radius 2 is 1.72 bits per heavy atom. The molecule has 4 heteroatoms. The standard InChI is InChI=1S/C14H20N2O2/c15-13-7-6-11(10-12(13)14(17)18)16-8-4-2-1-3-5-9-16/h6-7,10H,1-5,8-9,15H2,(H,17,18). The minimum Gasteiger partial charge on any atom is -0.478 e. The van der Waals surface area contributed by atoms with Crippen molar-refractivity contribution < 1.29 is 9.90 Å². The van der Waals surface area contributed by atoms with E-state index in [2.05, 4.69) is 4.90 Å². The number of carboxylic acid groups (broad SMARTS) is 1. The van der Waals surface area contributed by atoms with Crippen molar-refractivity contribution in [1.82, 2.24) is 0 Å². The van der Waals surface area contributed by atoms with E-state index in [1.165, 1.54) is 32.1 Å². The van der Waals surface area contributed by atoms with Gasteiger partial charge in [0.1, 0.15) is 0 Å². The molecule has 0 amide bonds. The van der Waals surface area contributed by atoms with Crippen LogP contribution in [0.1, 0.15) is 42.5 Å². The van der Waals surface area contributed by atoms with E-state index < -0.39 is 5.97 Å². The van der Waals surface area contributed by atoms with Crippen LogP contribution < -0.4 is 10.6 Å². The summed E-state index contributed by atoms with van der Waals surface area (Å²) in [7, 11) is 0. The topological polar surface area (TPSA) is 66.6 Å². The first-order valence-electron chi connectivity index (χ1n) is 6.56. The number of carboxylic acids is 1. The maximum atomic E-state index is 11.1. The highest BCUT2D eigenvalue weighted by molar-refractivity contribution is 5.94. The summed E-state index contributed by atoms with van der Waals surface area (Å²) in [6.07, 6.45) is 6.18. The molecule has 0 radical (unpaired) electrons. The van der Waals surface area contributed by atoms with Gasteiger partial charge in [-0.25, -0.2) is 4.79 Å². The molecule has 1 aromatic rings. The van der Waals surface area contributed by atoms with Crippen LogP contribution in [0.2, 0.25) is 0 Å². The number of nitrogens with two attached hydrogens (primary N) is 1. The molecule has 98 valence electrons. The lowest BCUT2D eigenvalue weighted by Gasteiger charge is -2.27. The molecule has 0 spiro atoms. The van der Waals surface area contributed by atoms with Gasteiger partial charge in [0.2, 0.25) is 0 Å². The second kappa shape index (κ2) is 5.76. The highest BCUT2D eigenvalue weighted by atomic mass is 16.4. The molecule has 1 fully saturated rings. The van der Waals surface area contributed by atoms with Gasteiger partial charge < -0.3 is 15.7 Å². The lowest BCUT2D eigenvalue weighted by Crippen LogP contribution is -2.27. The van der Waals surface area contributed by atoms with Crippen LogP contribution >= 0.6 is 0 Å². The van der Waals surface area contributed by atoms with Gasteiger partial charge in [0.25, 0.3) is 0 Å². The molecule has 0 atom stereocenters. The van der Waals surface area contributed by atoms with Crippen LogP contribution in [0, 0.1) is 0 Å². The van der Waals surface area contributed by atoms with Crippen LogP contribution in [-0.2, 0) is 0 Å². The van der Waals surface area contributed by atoms with Gasteiger partial charge >= 0.3 is 5.97 Å². The van der Waals surface area contributed by atoms with Gasteiger partial charge in [-0.15, -0.1) is 0 Å². The number of aromatic carboxylic acids is 1. The van der Waals surface area contributed by atoms with E-state index in [0.29, 0.717) is 5.69 Å². The van der Waals surface area contributed by atoms with Crippen LogP contribution in [-0.4, -0.2) is 24.2 Å². The molecule has 3 N–H and O–H groups in total. The first-order chi connectivity index (χ1) is 8.68. The third-order valence-electron chi connectivity index (χ3n) is 3.49. The second-order valence-electron chi connectivity index (χ2n) is 4.83. The molecule has 0 unspecified atom stereocenters. The van der Waals surface area contributed by atoms with E-state index in [4.69, 9.17) is 10.8 Å². The van der Waals surface area contributed by atoms with Crippen LogP contribution in [0.25, 0.3) is 0 Å². The van der Waals surface area contributed by atoms with Crippen molar-refractivity contribution in [2.45, 2.75) is 32.1 Å². The molecule has 2 rings (SSSR count). The highest BCUT2D eigenvalue weighted by Crippen LogP contribution is 2.23. The first kappa shape index (κ1) is 12.7. The zero-order chi connectivity index (χ0) is 13.0. The van der Waals surface area contributed by atoms with E-state index in [0.717, 1.165) is 18.8 Å². The van der Waals surface area contributed by atoms with Gasteiger partial charge in [0, 0.05) is 24.5 Å². The summed E-state index contributed by atoms with van der Waals surface area (Å²) in [5.41, 5.74) is 7.19. The van der Waals surface area contributed by atoms with E-state index in [-0.39, 0.29) is 5.56 Å². The van der Waals surface area contributed by atoms with Gasteiger partial charge in [0.15, 0.2) is 0 Å². The predicted molar refractivity (Wildman–Crippen MR) is 73.1 cm³/mol. The van der Waals surface area contributed by atoms with Crippen LogP contribution in [0.3, 0.4) is 0 Å². The Bertz CT molecular complexity index is 424. The largest absolute Gasteiger partial charge is 0.478 e. The summed E-state index contributed by atoms with van der Waals surface area (Å²) in [4.78, 5) is 13.4. The van der Waals surface area contributed by atoms with Gasteiger partial charge in [-0.1, -0.05) is 19.3 Å². The van der Waals surface area contributed by atoms with E-state index >= 15 is 0 Å². The van der Waals surface area contributed by atoms with Gasteiger partial charge in [-0.05, 0) is 31.0 Å². The number of hydrogen-bond donors (Lipinski definition) is 2. The molecule has 1 aromatic carbocycles. The maximum Gasteiger partial charge on any atom is 0.337 e. The molecular formula is C14H20N2O2. The Balaban J connectivity index is 2.20. The molecule has 0 aliphatic carbocycles. The number of nitrogens with zero attached hydrogens (tertiary/aromatic N) is 1. The molecule has 1 aliphatic rings. The number of carbonyl (C=O) groups is 1. The third kappa shape index (κ3) is 2.94. The van der Waals surface area contributed by atoms with Crippen LogP contribution in [0.5, 0.6) is 0 Å². The number of benzene rings is 1. The monoisotopic (exact) mass is 248 g/mol. The zero-order valence-corrected chi connectivity index (χ0v) is 10.6. The zero-order valence-electron chi connectivity index (χ0n) is 10.6. The minimum absolute atomic E-state index is 0.203. The SMILES string of the molecule is Nc1ccc(N2CCCCCCC2)cc1C(=O)O. The Morgan fingerprint density at radius 1 is 1.11 bits per heavy atom.